The lowest BCUT2D eigenvalue weighted by Gasteiger charge is -2.37. The lowest BCUT2D eigenvalue weighted by molar-refractivity contribution is 0.0623. The molecule has 0 saturated heterocycles. The zero-order chi connectivity index (χ0) is 19.3. The molecule has 2 N–H and O–H groups in total. The maximum absolute atomic E-state index is 13.2. The summed E-state index contributed by atoms with van der Waals surface area (Å²) in [6.07, 6.45) is 4.45. The number of para-hydroxylation sites is 1. The second kappa shape index (κ2) is 8.61. The number of nitrogens with zero attached hydrogens (tertiary/aromatic N) is 1. The van der Waals surface area contributed by atoms with Crippen molar-refractivity contribution in [3.63, 3.8) is 0 Å². The molecule has 4 nitrogen and oxygen atoms in total. The van der Waals surface area contributed by atoms with Crippen LogP contribution in [0.4, 0.5) is 0 Å². The average Bonchev–Trinajstić information content (AvgIpc) is 3.18. The molecule has 1 aliphatic rings. The van der Waals surface area contributed by atoms with E-state index in [2.05, 4.69) is 52.5 Å². The fourth-order valence-corrected chi connectivity index (χ4v) is 4.40. The number of carbonyl (C=O) groups is 1. The highest BCUT2D eigenvalue weighted by Crippen LogP contribution is 2.25. The third kappa shape index (κ3) is 4.12. The molecule has 1 heterocycles. The van der Waals surface area contributed by atoms with Crippen molar-refractivity contribution in [2.24, 2.45) is 0 Å². The molecule has 4 rings (SSSR count). The van der Waals surface area contributed by atoms with E-state index >= 15 is 0 Å². The van der Waals surface area contributed by atoms with Crippen LogP contribution in [-0.4, -0.2) is 34.4 Å². The van der Waals surface area contributed by atoms with Crippen LogP contribution in [0, 0.1) is 0 Å². The van der Waals surface area contributed by atoms with Crippen molar-refractivity contribution in [1.82, 2.24) is 15.2 Å². The highest BCUT2D eigenvalue weighted by Gasteiger charge is 2.29. The van der Waals surface area contributed by atoms with Gasteiger partial charge >= 0.3 is 0 Å². The molecule has 0 spiro atoms. The normalized spacial score (nSPS) is 19.6. The Morgan fingerprint density at radius 3 is 2.68 bits per heavy atom. The SMILES string of the molecule is CCN(C(=O)c1cc2ccccc2[nH]1)C1CCCC(NCc2ccccc2)C1. The van der Waals surface area contributed by atoms with E-state index in [4.69, 9.17) is 0 Å². The van der Waals surface area contributed by atoms with Crippen LogP contribution in [0.1, 0.15) is 48.7 Å². The Bertz CT molecular complexity index is 885. The predicted molar refractivity (Wildman–Crippen MR) is 114 cm³/mol. The largest absolute Gasteiger partial charge is 0.351 e. The number of hydrogen-bond donors (Lipinski definition) is 2. The van der Waals surface area contributed by atoms with Gasteiger partial charge in [0.05, 0.1) is 0 Å². The van der Waals surface area contributed by atoms with Gasteiger partial charge in [-0.25, -0.2) is 0 Å². The maximum atomic E-state index is 13.2. The molecule has 3 aromatic rings. The van der Waals surface area contributed by atoms with Crippen molar-refractivity contribution in [3.05, 3.63) is 71.9 Å². The zero-order valence-corrected chi connectivity index (χ0v) is 16.5. The topological polar surface area (TPSA) is 48.1 Å². The van der Waals surface area contributed by atoms with E-state index in [-0.39, 0.29) is 5.91 Å². The third-order valence-corrected chi connectivity index (χ3v) is 5.89. The molecule has 4 heteroatoms. The molecule has 1 aromatic heterocycles. The Morgan fingerprint density at radius 2 is 1.89 bits per heavy atom. The monoisotopic (exact) mass is 375 g/mol. The summed E-state index contributed by atoms with van der Waals surface area (Å²) in [6.45, 7) is 3.71. The molecule has 0 radical (unpaired) electrons. The molecule has 0 aliphatic heterocycles. The summed E-state index contributed by atoms with van der Waals surface area (Å²) in [5, 5.41) is 4.79. The number of aromatic amines is 1. The Kier molecular flexibility index (Phi) is 5.77. The minimum atomic E-state index is 0.118. The van der Waals surface area contributed by atoms with Crippen molar-refractivity contribution in [1.29, 1.82) is 0 Å². The van der Waals surface area contributed by atoms with Crippen LogP contribution in [-0.2, 0) is 6.54 Å². The molecular formula is C24H29N3O. The Morgan fingerprint density at radius 1 is 1.11 bits per heavy atom. The van der Waals surface area contributed by atoms with Crippen molar-refractivity contribution < 1.29 is 4.79 Å². The van der Waals surface area contributed by atoms with E-state index in [9.17, 15) is 4.79 Å². The van der Waals surface area contributed by atoms with Gasteiger partial charge in [-0.3, -0.25) is 4.79 Å². The number of benzene rings is 2. The fourth-order valence-electron chi connectivity index (χ4n) is 4.40. The number of H-pyrrole nitrogens is 1. The van der Waals surface area contributed by atoms with Gasteiger partial charge in [0.1, 0.15) is 5.69 Å². The van der Waals surface area contributed by atoms with E-state index in [1.165, 1.54) is 12.0 Å². The Labute approximate surface area is 166 Å². The summed E-state index contributed by atoms with van der Waals surface area (Å²) in [5.41, 5.74) is 3.03. The third-order valence-electron chi connectivity index (χ3n) is 5.89. The second-order valence-corrected chi connectivity index (χ2v) is 7.75. The average molecular weight is 376 g/mol. The van der Waals surface area contributed by atoms with Gasteiger partial charge in [0.2, 0.25) is 0 Å². The number of fused-ring (bicyclic) bond motifs is 1. The van der Waals surface area contributed by atoms with Gasteiger partial charge < -0.3 is 15.2 Å². The minimum Gasteiger partial charge on any atom is -0.351 e. The van der Waals surface area contributed by atoms with Gasteiger partial charge in [0.15, 0.2) is 0 Å². The molecule has 146 valence electrons. The van der Waals surface area contributed by atoms with E-state index in [1.54, 1.807) is 0 Å². The quantitative estimate of drug-likeness (QED) is 0.654. The maximum Gasteiger partial charge on any atom is 0.270 e. The summed E-state index contributed by atoms with van der Waals surface area (Å²) in [7, 11) is 0. The van der Waals surface area contributed by atoms with E-state index < -0.39 is 0 Å². The minimum absolute atomic E-state index is 0.118. The summed E-state index contributed by atoms with van der Waals surface area (Å²) in [6, 6.07) is 21.3. The van der Waals surface area contributed by atoms with E-state index in [1.807, 2.05) is 30.3 Å². The van der Waals surface area contributed by atoms with Crippen LogP contribution in [0.3, 0.4) is 0 Å². The molecular weight excluding hydrogens is 346 g/mol. The van der Waals surface area contributed by atoms with Gasteiger partial charge in [0.25, 0.3) is 5.91 Å². The molecule has 1 saturated carbocycles. The molecule has 2 unspecified atom stereocenters. The van der Waals surface area contributed by atoms with Crippen LogP contribution in [0.25, 0.3) is 10.9 Å². The van der Waals surface area contributed by atoms with Crippen molar-refractivity contribution >= 4 is 16.8 Å². The summed E-state index contributed by atoms with van der Waals surface area (Å²) in [5.74, 6) is 0.118. The number of rotatable bonds is 6. The zero-order valence-electron chi connectivity index (χ0n) is 16.5. The molecule has 0 bridgehead atoms. The highest BCUT2D eigenvalue weighted by atomic mass is 16.2. The number of nitrogens with one attached hydrogen (secondary N) is 2. The van der Waals surface area contributed by atoms with Gasteiger partial charge in [-0.1, -0.05) is 48.5 Å². The van der Waals surface area contributed by atoms with E-state index in [0.29, 0.717) is 17.8 Å². The Balaban J connectivity index is 1.42. The number of carbonyl (C=O) groups excluding carboxylic acids is 1. The molecule has 1 fully saturated rings. The Hall–Kier alpha value is -2.59. The van der Waals surface area contributed by atoms with Gasteiger partial charge in [-0.15, -0.1) is 0 Å². The second-order valence-electron chi connectivity index (χ2n) is 7.75. The number of hydrogen-bond acceptors (Lipinski definition) is 2. The fraction of sp³-hybridized carbons (Fsp3) is 0.375. The first kappa shape index (κ1) is 18.8. The highest BCUT2D eigenvalue weighted by molar-refractivity contribution is 5.98. The number of amides is 1. The molecule has 28 heavy (non-hydrogen) atoms. The number of aromatic nitrogens is 1. The van der Waals surface area contributed by atoms with Crippen LogP contribution < -0.4 is 5.32 Å². The lowest BCUT2D eigenvalue weighted by Crippen LogP contribution is -2.46. The van der Waals surface area contributed by atoms with Crippen molar-refractivity contribution in [3.8, 4) is 0 Å². The molecule has 2 aromatic carbocycles. The smallest absolute Gasteiger partial charge is 0.270 e. The van der Waals surface area contributed by atoms with E-state index in [0.717, 1.165) is 43.3 Å². The summed E-state index contributed by atoms with van der Waals surface area (Å²) >= 11 is 0. The summed E-state index contributed by atoms with van der Waals surface area (Å²) < 4.78 is 0. The van der Waals surface area contributed by atoms with Crippen LogP contribution >= 0.6 is 0 Å². The first-order chi connectivity index (χ1) is 13.7. The van der Waals surface area contributed by atoms with Gasteiger partial charge in [-0.05, 0) is 50.3 Å². The lowest BCUT2D eigenvalue weighted by atomic mass is 9.89. The molecule has 1 amide bonds. The van der Waals surface area contributed by atoms with Crippen molar-refractivity contribution in [2.75, 3.05) is 6.54 Å². The summed E-state index contributed by atoms with van der Waals surface area (Å²) in [4.78, 5) is 18.6. The van der Waals surface area contributed by atoms with Gasteiger partial charge in [0, 0.05) is 36.1 Å². The van der Waals surface area contributed by atoms with Gasteiger partial charge in [-0.2, -0.15) is 0 Å². The standard InChI is InChI=1S/C24H29N3O/c1-2-27(24(28)23-15-19-11-6-7-14-22(19)26-23)21-13-8-12-20(16-21)25-17-18-9-4-3-5-10-18/h3-7,9-11,14-15,20-21,25-26H,2,8,12-13,16-17H2,1H3. The molecule has 1 aliphatic carbocycles. The first-order valence-corrected chi connectivity index (χ1v) is 10.4. The first-order valence-electron chi connectivity index (χ1n) is 10.4. The van der Waals surface area contributed by atoms with Crippen molar-refractivity contribution in [2.45, 2.75) is 51.2 Å². The van der Waals surface area contributed by atoms with Crippen LogP contribution in [0.15, 0.2) is 60.7 Å². The molecule has 2 atom stereocenters. The predicted octanol–water partition coefficient (Wildman–Crippen LogP) is 4.73. The van der Waals surface area contributed by atoms with Crippen LogP contribution in [0.5, 0.6) is 0 Å². The van der Waals surface area contributed by atoms with Crippen LogP contribution in [0.2, 0.25) is 0 Å².